The van der Waals surface area contributed by atoms with Gasteiger partial charge in [-0.1, -0.05) is 6.07 Å². The second-order valence-corrected chi connectivity index (χ2v) is 4.93. The summed E-state index contributed by atoms with van der Waals surface area (Å²) < 4.78 is 28.2. The Labute approximate surface area is 113 Å². The van der Waals surface area contributed by atoms with Crippen molar-refractivity contribution in [3.05, 3.63) is 48.1 Å². The number of aromatic nitrogens is 3. The molecule has 1 aromatic heterocycles. The molecule has 19 heavy (non-hydrogen) atoms. The van der Waals surface area contributed by atoms with Crippen molar-refractivity contribution in [2.75, 3.05) is 0 Å². The molecule has 4 nitrogen and oxygen atoms in total. The van der Waals surface area contributed by atoms with Crippen LogP contribution < -0.4 is 0 Å². The summed E-state index contributed by atoms with van der Waals surface area (Å²) in [5.74, 6) is -1.51. The topological polar surface area (TPSA) is 50.9 Å². The molecule has 2 unspecified atom stereocenters. The molecule has 0 saturated heterocycles. The Morgan fingerprint density at radius 1 is 1.47 bits per heavy atom. The van der Waals surface area contributed by atoms with E-state index in [0.29, 0.717) is 0 Å². The SMILES string of the molecule is CC(O)C(Cl)(Cn1cncn1)c1ccc(F)cc1F. The van der Waals surface area contributed by atoms with E-state index in [-0.39, 0.29) is 12.1 Å². The molecule has 0 saturated carbocycles. The lowest BCUT2D eigenvalue weighted by Gasteiger charge is -2.30. The Hall–Kier alpha value is -1.53. The van der Waals surface area contributed by atoms with Crippen LogP contribution in [-0.2, 0) is 11.4 Å². The molecule has 0 fully saturated rings. The number of halogens is 3. The zero-order valence-electron chi connectivity index (χ0n) is 10.1. The number of hydrogen-bond acceptors (Lipinski definition) is 3. The molecule has 1 heterocycles. The molecule has 102 valence electrons. The molecule has 0 bridgehead atoms. The fraction of sp³-hybridized carbons (Fsp3) is 0.333. The number of aliphatic hydroxyl groups is 1. The van der Waals surface area contributed by atoms with Crippen LogP contribution in [0, 0.1) is 11.6 Å². The number of hydrogen-bond donors (Lipinski definition) is 1. The summed E-state index contributed by atoms with van der Waals surface area (Å²) in [7, 11) is 0. The van der Waals surface area contributed by atoms with Crippen molar-refractivity contribution in [1.29, 1.82) is 0 Å². The molecule has 0 aliphatic rings. The Morgan fingerprint density at radius 3 is 2.74 bits per heavy atom. The molecule has 0 amide bonds. The van der Waals surface area contributed by atoms with E-state index in [4.69, 9.17) is 11.6 Å². The van der Waals surface area contributed by atoms with Crippen LogP contribution in [-0.4, -0.2) is 26.0 Å². The predicted molar refractivity (Wildman–Crippen MR) is 65.6 cm³/mol. The summed E-state index contributed by atoms with van der Waals surface area (Å²) in [6, 6.07) is 3.05. The smallest absolute Gasteiger partial charge is 0.137 e. The number of benzene rings is 1. The van der Waals surface area contributed by atoms with Crippen molar-refractivity contribution in [1.82, 2.24) is 14.8 Å². The van der Waals surface area contributed by atoms with Gasteiger partial charge in [-0.25, -0.2) is 13.8 Å². The largest absolute Gasteiger partial charge is 0.391 e. The van der Waals surface area contributed by atoms with Crippen LogP contribution in [0.3, 0.4) is 0 Å². The van der Waals surface area contributed by atoms with Crippen molar-refractivity contribution < 1.29 is 13.9 Å². The zero-order valence-corrected chi connectivity index (χ0v) is 10.8. The first-order chi connectivity index (χ1) is 8.93. The molecule has 2 aromatic rings. The van der Waals surface area contributed by atoms with Gasteiger partial charge in [-0.3, -0.25) is 4.68 Å². The lowest BCUT2D eigenvalue weighted by atomic mass is 9.92. The Morgan fingerprint density at radius 2 is 2.21 bits per heavy atom. The third-order valence-corrected chi connectivity index (χ3v) is 3.54. The molecule has 1 N–H and O–H groups in total. The lowest BCUT2D eigenvalue weighted by molar-refractivity contribution is 0.127. The minimum absolute atomic E-state index is 0.00870. The highest BCUT2D eigenvalue weighted by Crippen LogP contribution is 2.36. The van der Waals surface area contributed by atoms with Gasteiger partial charge in [-0.2, -0.15) is 5.10 Å². The molecule has 0 spiro atoms. The van der Waals surface area contributed by atoms with Crippen molar-refractivity contribution >= 4 is 11.6 Å². The van der Waals surface area contributed by atoms with E-state index in [9.17, 15) is 13.9 Å². The first-order valence-electron chi connectivity index (χ1n) is 5.58. The van der Waals surface area contributed by atoms with Crippen LogP contribution in [0.5, 0.6) is 0 Å². The van der Waals surface area contributed by atoms with E-state index >= 15 is 0 Å². The summed E-state index contributed by atoms with van der Waals surface area (Å²) in [6.45, 7) is 1.45. The second kappa shape index (κ2) is 5.22. The van der Waals surface area contributed by atoms with Gasteiger partial charge in [0.2, 0.25) is 0 Å². The van der Waals surface area contributed by atoms with Crippen molar-refractivity contribution in [3.8, 4) is 0 Å². The Balaban J connectivity index is 2.43. The highest BCUT2D eigenvalue weighted by molar-refractivity contribution is 6.24. The first-order valence-corrected chi connectivity index (χ1v) is 5.96. The Kier molecular flexibility index (Phi) is 3.82. The molecular formula is C12H12ClF2N3O. The van der Waals surface area contributed by atoms with E-state index in [2.05, 4.69) is 10.1 Å². The molecule has 2 atom stereocenters. The van der Waals surface area contributed by atoms with Crippen molar-refractivity contribution in [3.63, 3.8) is 0 Å². The monoisotopic (exact) mass is 287 g/mol. The molecule has 0 aliphatic carbocycles. The van der Waals surface area contributed by atoms with Crippen LogP contribution in [0.4, 0.5) is 8.78 Å². The maximum Gasteiger partial charge on any atom is 0.137 e. The molecule has 0 aliphatic heterocycles. The number of rotatable bonds is 4. The number of aliphatic hydroxyl groups excluding tert-OH is 1. The number of nitrogens with zero attached hydrogens (tertiary/aromatic N) is 3. The van der Waals surface area contributed by atoms with Gasteiger partial charge in [-0.15, -0.1) is 11.6 Å². The summed E-state index contributed by atoms with van der Waals surface area (Å²) in [6.07, 6.45) is 1.64. The highest BCUT2D eigenvalue weighted by Gasteiger charge is 2.38. The zero-order chi connectivity index (χ0) is 14.0. The van der Waals surface area contributed by atoms with Gasteiger partial charge in [0.25, 0.3) is 0 Å². The number of alkyl halides is 1. The fourth-order valence-electron chi connectivity index (χ4n) is 1.82. The van der Waals surface area contributed by atoms with Crippen LogP contribution in [0.25, 0.3) is 0 Å². The minimum Gasteiger partial charge on any atom is -0.391 e. The third-order valence-electron chi connectivity index (χ3n) is 2.90. The second-order valence-electron chi connectivity index (χ2n) is 4.26. The third kappa shape index (κ3) is 2.74. The summed E-state index contributed by atoms with van der Waals surface area (Å²) >= 11 is 6.35. The summed E-state index contributed by atoms with van der Waals surface area (Å²) in [5.41, 5.74) is 0.0149. The average Bonchev–Trinajstić information content (AvgIpc) is 2.81. The standard InChI is InChI=1S/C12H12ClF2N3O/c1-8(19)12(13,5-18-7-16-6-17-18)10-3-2-9(14)4-11(10)15/h2-4,6-8,19H,5H2,1H3. The van der Waals surface area contributed by atoms with Gasteiger partial charge < -0.3 is 5.11 Å². The maximum atomic E-state index is 13.9. The molecule has 2 rings (SSSR count). The van der Waals surface area contributed by atoms with Gasteiger partial charge in [0, 0.05) is 11.6 Å². The maximum absolute atomic E-state index is 13.9. The van der Waals surface area contributed by atoms with Crippen LogP contribution >= 0.6 is 11.6 Å². The highest BCUT2D eigenvalue weighted by atomic mass is 35.5. The van der Waals surface area contributed by atoms with E-state index in [0.717, 1.165) is 12.1 Å². The van der Waals surface area contributed by atoms with Gasteiger partial charge in [0.1, 0.15) is 29.2 Å². The molecule has 7 heteroatoms. The molecular weight excluding hydrogens is 276 g/mol. The van der Waals surface area contributed by atoms with Crippen LogP contribution in [0.1, 0.15) is 12.5 Å². The van der Waals surface area contributed by atoms with Crippen LogP contribution in [0.15, 0.2) is 30.9 Å². The minimum atomic E-state index is -1.45. The first kappa shape index (κ1) is 13.9. The summed E-state index contributed by atoms with van der Waals surface area (Å²) in [5, 5.41) is 13.7. The molecule has 1 aromatic carbocycles. The van der Waals surface area contributed by atoms with Gasteiger partial charge in [-0.05, 0) is 13.0 Å². The predicted octanol–water partition coefficient (Wildman–Crippen LogP) is 2.07. The normalized spacial score (nSPS) is 16.1. The van der Waals surface area contributed by atoms with E-state index in [1.54, 1.807) is 0 Å². The lowest BCUT2D eigenvalue weighted by Crippen LogP contribution is -2.37. The fourth-order valence-corrected chi connectivity index (χ4v) is 2.09. The van der Waals surface area contributed by atoms with E-state index < -0.39 is 22.6 Å². The van der Waals surface area contributed by atoms with Gasteiger partial charge >= 0.3 is 0 Å². The average molecular weight is 288 g/mol. The molecule has 0 radical (unpaired) electrons. The van der Waals surface area contributed by atoms with Gasteiger partial charge in [0.15, 0.2) is 0 Å². The van der Waals surface area contributed by atoms with Gasteiger partial charge in [0.05, 0.1) is 12.6 Å². The van der Waals surface area contributed by atoms with E-state index in [1.165, 1.54) is 30.3 Å². The summed E-state index contributed by atoms with van der Waals surface area (Å²) in [4.78, 5) is 2.30. The Bertz CT molecular complexity index is 562. The quantitative estimate of drug-likeness (QED) is 0.876. The van der Waals surface area contributed by atoms with Crippen LogP contribution in [0.2, 0.25) is 0 Å². The van der Waals surface area contributed by atoms with Crippen molar-refractivity contribution in [2.45, 2.75) is 24.4 Å². The van der Waals surface area contributed by atoms with Crippen molar-refractivity contribution in [2.24, 2.45) is 0 Å². The van der Waals surface area contributed by atoms with E-state index in [1.807, 2.05) is 0 Å².